The van der Waals surface area contributed by atoms with E-state index >= 15 is 0 Å². The van der Waals surface area contributed by atoms with Gasteiger partial charge in [-0.15, -0.1) is 22.7 Å². The molecule has 366 valence electrons. The van der Waals surface area contributed by atoms with Gasteiger partial charge in [0.1, 0.15) is 10.0 Å². The molecule has 13 aromatic rings. The maximum absolute atomic E-state index is 5.05. The lowest BCUT2D eigenvalue weighted by molar-refractivity contribution is 0.660. The number of hydrogen-bond donors (Lipinski definition) is 0. The summed E-state index contributed by atoms with van der Waals surface area (Å²) in [5.41, 5.74) is 22.8. The molecule has 0 fully saturated rings. The number of aromatic nitrogens is 2. The number of para-hydroxylation sites is 2. The van der Waals surface area contributed by atoms with E-state index in [1.54, 1.807) is 22.7 Å². The second-order valence-electron chi connectivity index (χ2n) is 20.2. The molecule has 1 aliphatic carbocycles. The summed E-state index contributed by atoms with van der Waals surface area (Å²) in [5.74, 6) is 0. The highest BCUT2D eigenvalue weighted by Gasteiger charge is 2.36. The van der Waals surface area contributed by atoms with Crippen molar-refractivity contribution in [3.05, 3.63) is 278 Å². The van der Waals surface area contributed by atoms with E-state index in [-0.39, 0.29) is 5.41 Å². The number of thiazole rings is 2. The van der Waals surface area contributed by atoms with Gasteiger partial charge in [-0.2, -0.15) is 0 Å². The molecule has 0 radical (unpaired) electrons. The minimum Gasteiger partial charge on any atom is -0.310 e. The monoisotopic (exact) mass is 1020 g/mol. The molecule has 1 aliphatic rings. The molecule has 0 atom stereocenters. The maximum Gasteiger partial charge on any atom is 0.124 e. The average molecular weight is 1020 g/mol. The van der Waals surface area contributed by atoms with Gasteiger partial charge in [-0.25, -0.2) is 9.97 Å². The summed E-state index contributed by atoms with van der Waals surface area (Å²) in [7, 11) is 0. The third-order valence-electron chi connectivity index (χ3n) is 15.1. The van der Waals surface area contributed by atoms with Crippen molar-refractivity contribution >= 4 is 77.2 Å². The predicted octanol–water partition coefficient (Wildman–Crippen LogP) is 20.5. The Kier molecular flexibility index (Phi) is 11.5. The summed E-state index contributed by atoms with van der Waals surface area (Å²) >= 11 is 3.47. The maximum atomic E-state index is 5.05. The molecule has 0 amide bonds. The van der Waals surface area contributed by atoms with Gasteiger partial charge in [-0.05, 0) is 159 Å². The zero-order chi connectivity index (χ0) is 51.5. The molecule has 0 saturated heterocycles. The van der Waals surface area contributed by atoms with Crippen LogP contribution in [0.4, 0.5) is 34.1 Å². The standard InChI is InChI=1S/C71H50N4S2/c1-71(2)63-45-52(51-31-38-56(39-32-51)74(55-34-27-49(28-35-55)47-15-5-3-6-16-47)58-21-13-19-53(43-58)69-72-65-23-9-11-25-67(65)76-69)33-41-61(63)62-42-40-60(46-64(62)71)75(57-36-29-50(30-37-57)48-17-7-4-8-18-48)59-22-14-20-54(44-59)70-73-66-24-10-12-26-68(66)77-70/h3-46H,1-2H3. The molecule has 0 bridgehead atoms. The van der Waals surface area contributed by atoms with Crippen LogP contribution in [0.5, 0.6) is 0 Å². The van der Waals surface area contributed by atoms with Gasteiger partial charge in [0.25, 0.3) is 0 Å². The van der Waals surface area contributed by atoms with Crippen molar-refractivity contribution < 1.29 is 0 Å². The first-order chi connectivity index (χ1) is 37.9. The lowest BCUT2D eigenvalue weighted by atomic mass is 9.81. The molecule has 2 heterocycles. The van der Waals surface area contributed by atoms with E-state index in [2.05, 4.69) is 291 Å². The van der Waals surface area contributed by atoms with Crippen LogP contribution in [0.1, 0.15) is 25.0 Å². The third-order valence-corrected chi connectivity index (χ3v) is 17.3. The zero-order valence-electron chi connectivity index (χ0n) is 42.5. The first kappa shape index (κ1) is 46.3. The Morgan fingerprint density at radius 3 is 1.12 bits per heavy atom. The normalized spacial score (nSPS) is 12.4. The number of hydrogen-bond acceptors (Lipinski definition) is 6. The molecule has 0 spiro atoms. The highest BCUT2D eigenvalue weighted by molar-refractivity contribution is 7.22. The van der Waals surface area contributed by atoms with Crippen LogP contribution >= 0.6 is 22.7 Å². The molecular formula is C71H50N4S2. The van der Waals surface area contributed by atoms with Crippen molar-refractivity contribution in [2.45, 2.75) is 19.3 Å². The van der Waals surface area contributed by atoms with E-state index in [9.17, 15) is 0 Å². The van der Waals surface area contributed by atoms with Gasteiger partial charge in [0.15, 0.2) is 0 Å². The molecular weight excluding hydrogens is 973 g/mol. The Labute approximate surface area is 457 Å². The SMILES string of the molecule is CC1(C)c2cc(-c3ccc(N(c4ccc(-c5ccccc5)cc4)c4cccc(-c5nc6ccccc6s5)c4)cc3)ccc2-c2ccc(N(c3ccc(-c4ccccc4)cc3)c3cccc(-c4nc5ccccc5s4)c3)cc21. The summed E-state index contributed by atoms with van der Waals surface area (Å²) in [6, 6.07) is 96.6. The number of anilines is 6. The van der Waals surface area contributed by atoms with E-state index in [0.717, 1.165) is 66.3 Å². The predicted molar refractivity (Wildman–Crippen MR) is 327 cm³/mol. The molecule has 77 heavy (non-hydrogen) atoms. The smallest absolute Gasteiger partial charge is 0.124 e. The van der Waals surface area contributed by atoms with Crippen LogP contribution in [0, 0.1) is 0 Å². The van der Waals surface area contributed by atoms with Crippen LogP contribution in [0.25, 0.3) is 86.1 Å². The lowest BCUT2D eigenvalue weighted by Crippen LogP contribution is -2.16. The molecule has 11 aromatic carbocycles. The Bertz CT molecular complexity index is 4230. The van der Waals surface area contributed by atoms with Gasteiger partial charge < -0.3 is 9.80 Å². The van der Waals surface area contributed by atoms with Crippen molar-refractivity contribution in [1.29, 1.82) is 0 Å². The van der Waals surface area contributed by atoms with Crippen molar-refractivity contribution in [2.24, 2.45) is 0 Å². The Morgan fingerprint density at radius 1 is 0.286 bits per heavy atom. The van der Waals surface area contributed by atoms with E-state index in [1.807, 2.05) is 0 Å². The van der Waals surface area contributed by atoms with Crippen molar-refractivity contribution in [1.82, 2.24) is 9.97 Å². The highest BCUT2D eigenvalue weighted by Crippen LogP contribution is 2.52. The zero-order valence-corrected chi connectivity index (χ0v) is 44.1. The summed E-state index contributed by atoms with van der Waals surface area (Å²) < 4.78 is 2.38. The fraction of sp³-hybridized carbons (Fsp3) is 0.0423. The van der Waals surface area contributed by atoms with Crippen LogP contribution in [-0.4, -0.2) is 9.97 Å². The molecule has 2 aromatic heterocycles. The van der Waals surface area contributed by atoms with Crippen LogP contribution in [0.3, 0.4) is 0 Å². The number of fused-ring (bicyclic) bond motifs is 5. The fourth-order valence-electron chi connectivity index (χ4n) is 11.2. The van der Waals surface area contributed by atoms with Crippen molar-refractivity contribution in [2.75, 3.05) is 9.80 Å². The summed E-state index contributed by atoms with van der Waals surface area (Å²) in [6.07, 6.45) is 0. The number of nitrogens with zero attached hydrogens (tertiary/aromatic N) is 4. The van der Waals surface area contributed by atoms with E-state index in [4.69, 9.17) is 9.97 Å². The third kappa shape index (κ3) is 8.58. The molecule has 14 rings (SSSR count). The minimum absolute atomic E-state index is 0.265. The second kappa shape index (κ2) is 19.2. The lowest BCUT2D eigenvalue weighted by Gasteiger charge is -2.28. The van der Waals surface area contributed by atoms with Gasteiger partial charge in [0, 0.05) is 50.7 Å². The van der Waals surface area contributed by atoms with Crippen LogP contribution in [0.2, 0.25) is 0 Å². The second-order valence-corrected chi connectivity index (χ2v) is 22.3. The molecule has 0 unspecified atom stereocenters. The molecule has 6 heteroatoms. The quantitative estimate of drug-likeness (QED) is 0.129. The Morgan fingerprint density at radius 2 is 0.636 bits per heavy atom. The fourth-order valence-corrected chi connectivity index (χ4v) is 13.1. The number of benzene rings is 11. The first-order valence-electron chi connectivity index (χ1n) is 26.1. The van der Waals surface area contributed by atoms with E-state index in [0.29, 0.717) is 0 Å². The van der Waals surface area contributed by atoms with Crippen molar-refractivity contribution in [3.8, 4) is 65.6 Å². The summed E-state index contributed by atoms with van der Waals surface area (Å²) in [6.45, 7) is 4.76. The molecule has 4 nitrogen and oxygen atoms in total. The Balaban J connectivity index is 0.803. The molecule has 0 N–H and O–H groups in total. The van der Waals surface area contributed by atoms with Crippen LogP contribution in [0.15, 0.2) is 267 Å². The summed E-state index contributed by atoms with van der Waals surface area (Å²) in [5, 5.41) is 2.03. The Hall–Kier alpha value is -9.20. The van der Waals surface area contributed by atoms with Gasteiger partial charge in [0.2, 0.25) is 0 Å². The molecule has 0 saturated carbocycles. The molecule has 0 aliphatic heterocycles. The topological polar surface area (TPSA) is 32.3 Å². The first-order valence-corrected chi connectivity index (χ1v) is 27.7. The van der Waals surface area contributed by atoms with Crippen LogP contribution < -0.4 is 9.80 Å². The van der Waals surface area contributed by atoms with Gasteiger partial charge >= 0.3 is 0 Å². The van der Waals surface area contributed by atoms with E-state index in [1.165, 1.54) is 65.0 Å². The van der Waals surface area contributed by atoms with E-state index < -0.39 is 0 Å². The minimum atomic E-state index is -0.265. The van der Waals surface area contributed by atoms with Gasteiger partial charge in [0.05, 0.1) is 20.4 Å². The number of rotatable bonds is 11. The largest absolute Gasteiger partial charge is 0.310 e. The average Bonchev–Trinajstić information content (AvgIpc) is 4.31. The van der Waals surface area contributed by atoms with Crippen molar-refractivity contribution in [3.63, 3.8) is 0 Å². The highest BCUT2D eigenvalue weighted by atomic mass is 32.1. The summed E-state index contributed by atoms with van der Waals surface area (Å²) in [4.78, 5) is 14.8. The van der Waals surface area contributed by atoms with Gasteiger partial charge in [-0.3, -0.25) is 0 Å². The van der Waals surface area contributed by atoms with Crippen LogP contribution in [-0.2, 0) is 5.41 Å². The van der Waals surface area contributed by atoms with Gasteiger partial charge in [-0.1, -0.05) is 178 Å².